The van der Waals surface area contributed by atoms with Crippen LogP contribution in [0, 0.1) is 0 Å². The molecular formula is C17H22. The average Bonchev–Trinajstić information content (AvgIpc) is 2.28. The molecule has 0 aromatic heterocycles. The molecule has 0 radical (unpaired) electrons. The summed E-state index contributed by atoms with van der Waals surface area (Å²) in [5.74, 6) is 0.557. The molecule has 0 N–H and O–H groups in total. The van der Waals surface area contributed by atoms with E-state index in [0.29, 0.717) is 5.92 Å². The van der Waals surface area contributed by atoms with E-state index in [9.17, 15) is 0 Å². The van der Waals surface area contributed by atoms with E-state index in [-0.39, 0.29) is 0 Å². The van der Waals surface area contributed by atoms with Gasteiger partial charge in [-0.1, -0.05) is 69.0 Å². The second-order valence-corrected chi connectivity index (χ2v) is 4.74. The molecule has 0 atom stereocenters. The van der Waals surface area contributed by atoms with Crippen LogP contribution < -0.4 is 0 Å². The molecule has 0 bridgehead atoms. The maximum atomic E-state index is 4.03. The largest absolute Gasteiger partial charge is 0.0991 e. The lowest BCUT2D eigenvalue weighted by Gasteiger charge is -2.14. The van der Waals surface area contributed by atoms with Crippen LogP contribution in [0.1, 0.15) is 37.8 Å². The fourth-order valence-electron chi connectivity index (χ4n) is 1.96. The third-order valence-corrected chi connectivity index (χ3v) is 2.93. The van der Waals surface area contributed by atoms with Gasteiger partial charge in [0.1, 0.15) is 0 Å². The standard InChI is InChI=1S/C17H22/c1-6-9-15(13(2)3)12-16-10-7-8-11-17(16)14(4)5/h6-11,14H,1-2,12H2,3-5H3/b15-9-. The van der Waals surface area contributed by atoms with Gasteiger partial charge in [-0.2, -0.15) is 0 Å². The zero-order valence-corrected chi connectivity index (χ0v) is 11.2. The van der Waals surface area contributed by atoms with E-state index in [1.807, 2.05) is 13.0 Å². The normalized spacial score (nSPS) is 11.6. The van der Waals surface area contributed by atoms with Crippen LogP contribution in [-0.2, 0) is 6.42 Å². The first-order chi connectivity index (χ1) is 8.06. The molecule has 0 heterocycles. The summed E-state index contributed by atoms with van der Waals surface area (Å²) in [6.07, 6.45) is 4.83. The fourth-order valence-corrected chi connectivity index (χ4v) is 1.96. The molecule has 1 aromatic carbocycles. The van der Waals surface area contributed by atoms with E-state index in [4.69, 9.17) is 0 Å². The summed E-state index contributed by atoms with van der Waals surface area (Å²) >= 11 is 0. The van der Waals surface area contributed by atoms with Crippen molar-refractivity contribution in [2.24, 2.45) is 0 Å². The van der Waals surface area contributed by atoms with E-state index in [1.54, 1.807) is 0 Å². The quantitative estimate of drug-likeness (QED) is 0.617. The minimum atomic E-state index is 0.557. The van der Waals surface area contributed by atoms with Gasteiger partial charge in [0.2, 0.25) is 0 Å². The lowest BCUT2D eigenvalue weighted by atomic mass is 9.91. The number of rotatable bonds is 5. The summed E-state index contributed by atoms with van der Waals surface area (Å²) in [5.41, 5.74) is 5.18. The van der Waals surface area contributed by atoms with Crippen LogP contribution in [0.5, 0.6) is 0 Å². The van der Waals surface area contributed by atoms with Crippen LogP contribution in [0.25, 0.3) is 0 Å². The molecule has 0 amide bonds. The molecule has 90 valence electrons. The summed E-state index contributed by atoms with van der Waals surface area (Å²) in [6.45, 7) is 14.3. The Morgan fingerprint density at radius 1 is 1.29 bits per heavy atom. The van der Waals surface area contributed by atoms with Crippen molar-refractivity contribution in [3.63, 3.8) is 0 Å². The predicted octanol–water partition coefficient (Wildman–Crippen LogP) is 5.04. The van der Waals surface area contributed by atoms with Gasteiger partial charge in [-0.05, 0) is 36.0 Å². The topological polar surface area (TPSA) is 0 Å². The zero-order valence-electron chi connectivity index (χ0n) is 11.2. The van der Waals surface area contributed by atoms with Crippen LogP contribution in [0.3, 0.4) is 0 Å². The van der Waals surface area contributed by atoms with Gasteiger partial charge in [0, 0.05) is 0 Å². The third-order valence-electron chi connectivity index (χ3n) is 2.93. The first-order valence-corrected chi connectivity index (χ1v) is 6.11. The molecule has 0 aliphatic heterocycles. The predicted molar refractivity (Wildman–Crippen MR) is 77.3 cm³/mol. The van der Waals surface area contributed by atoms with E-state index in [1.165, 1.54) is 16.7 Å². The number of allylic oxidation sites excluding steroid dienone is 4. The lowest BCUT2D eigenvalue weighted by Crippen LogP contribution is -1.99. The maximum absolute atomic E-state index is 4.03. The van der Waals surface area contributed by atoms with Crippen LogP contribution in [0.4, 0.5) is 0 Å². The molecule has 1 rings (SSSR count). The van der Waals surface area contributed by atoms with Crippen LogP contribution in [0.2, 0.25) is 0 Å². The number of hydrogen-bond acceptors (Lipinski definition) is 0. The van der Waals surface area contributed by atoms with Crippen molar-refractivity contribution in [2.45, 2.75) is 33.1 Å². The van der Waals surface area contributed by atoms with Gasteiger partial charge < -0.3 is 0 Å². The van der Waals surface area contributed by atoms with Crippen molar-refractivity contribution in [2.75, 3.05) is 0 Å². The van der Waals surface area contributed by atoms with Crippen molar-refractivity contribution in [1.29, 1.82) is 0 Å². The Kier molecular flexibility index (Phi) is 4.96. The van der Waals surface area contributed by atoms with Gasteiger partial charge in [0.15, 0.2) is 0 Å². The highest BCUT2D eigenvalue weighted by Gasteiger charge is 2.07. The molecule has 0 heteroatoms. The Bertz CT molecular complexity index is 433. The first-order valence-electron chi connectivity index (χ1n) is 6.11. The molecule has 0 aliphatic rings. The smallest absolute Gasteiger partial charge is 0.00205 e. The number of benzene rings is 1. The SMILES string of the molecule is C=C/C=C(/Cc1ccccc1C(C)C)C(=C)C. The molecule has 0 saturated carbocycles. The summed E-state index contributed by atoms with van der Waals surface area (Å²) in [6, 6.07) is 8.63. The molecule has 0 fully saturated rings. The summed E-state index contributed by atoms with van der Waals surface area (Å²) < 4.78 is 0. The lowest BCUT2D eigenvalue weighted by molar-refractivity contribution is 0.847. The van der Waals surface area contributed by atoms with Crippen molar-refractivity contribution in [1.82, 2.24) is 0 Å². The second-order valence-electron chi connectivity index (χ2n) is 4.74. The minimum absolute atomic E-state index is 0.557. The highest BCUT2D eigenvalue weighted by molar-refractivity contribution is 5.39. The fraction of sp³-hybridized carbons (Fsp3) is 0.294. The highest BCUT2D eigenvalue weighted by atomic mass is 14.1. The molecule has 0 aliphatic carbocycles. The van der Waals surface area contributed by atoms with Gasteiger partial charge in [-0.3, -0.25) is 0 Å². The first kappa shape index (κ1) is 13.5. The Hall–Kier alpha value is -1.56. The maximum Gasteiger partial charge on any atom is -0.00205 e. The van der Waals surface area contributed by atoms with Crippen LogP contribution in [0.15, 0.2) is 60.7 Å². The van der Waals surface area contributed by atoms with Crippen molar-refractivity contribution >= 4 is 0 Å². The van der Waals surface area contributed by atoms with E-state index >= 15 is 0 Å². The summed E-state index contributed by atoms with van der Waals surface area (Å²) in [7, 11) is 0. The Balaban J connectivity index is 3.05. The average molecular weight is 226 g/mol. The molecule has 1 aromatic rings. The van der Waals surface area contributed by atoms with Crippen molar-refractivity contribution in [3.8, 4) is 0 Å². The third kappa shape index (κ3) is 3.74. The monoisotopic (exact) mass is 226 g/mol. The van der Waals surface area contributed by atoms with Gasteiger partial charge in [-0.25, -0.2) is 0 Å². The highest BCUT2D eigenvalue weighted by Crippen LogP contribution is 2.23. The molecular weight excluding hydrogens is 204 g/mol. The van der Waals surface area contributed by atoms with E-state index in [0.717, 1.165) is 12.0 Å². The van der Waals surface area contributed by atoms with E-state index < -0.39 is 0 Å². The molecule has 0 saturated heterocycles. The Labute approximate surface area is 105 Å². The molecule has 0 spiro atoms. The second kappa shape index (κ2) is 6.24. The van der Waals surface area contributed by atoms with Crippen LogP contribution >= 0.6 is 0 Å². The van der Waals surface area contributed by atoms with Crippen molar-refractivity contribution < 1.29 is 0 Å². The van der Waals surface area contributed by atoms with Gasteiger partial charge in [-0.15, -0.1) is 0 Å². The Morgan fingerprint density at radius 2 is 1.94 bits per heavy atom. The minimum Gasteiger partial charge on any atom is -0.0991 e. The summed E-state index contributed by atoms with van der Waals surface area (Å²) in [4.78, 5) is 0. The van der Waals surface area contributed by atoms with Crippen molar-refractivity contribution in [3.05, 3.63) is 71.8 Å². The number of hydrogen-bond donors (Lipinski definition) is 0. The van der Waals surface area contributed by atoms with E-state index in [2.05, 4.69) is 57.3 Å². The molecule has 0 nitrogen and oxygen atoms in total. The van der Waals surface area contributed by atoms with Gasteiger partial charge >= 0.3 is 0 Å². The van der Waals surface area contributed by atoms with Gasteiger partial charge in [0.25, 0.3) is 0 Å². The zero-order chi connectivity index (χ0) is 12.8. The summed E-state index contributed by atoms with van der Waals surface area (Å²) in [5, 5.41) is 0. The van der Waals surface area contributed by atoms with Gasteiger partial charge in [0.05, 0.1) is 0 Å². The molecule has 0 unspecified atom stereocenters. The Morgan fingerprint density at radius 3 is 2.47 bits per heavy atom. The van der Waals surface area contributed by atoms with Crippen LogP contribution in [-0.4, -0.2) is 0 Å². The molecule has 17 heavy (non-hydrogen) atoms.